The molecule has 2 amide bonds. The third-order valence-corrected chi connectivity index (χ3v) is 3.73. The molecule has 1 aromatic heterocycles. The van der Waals surface area contributed by atoms with Crippen LogP contribution in [0.25, 0.3) is 0 Å². The highest BCUT2D eigenvalue weighted by Gasteiger charge is 2.25. The summed E-state index contributed by atoms with van der Waals surface area (Å²) >= 11 is 0. The average molecular weight is 385 g/mol. The molecule has 0 radical (unpaired) electrons. The number of anilines is 3. The summed E-state index contributed by atoms with van der Waals surface area (Å²) in [7, 11) is 0. The average Bonchev–Trinajstić information content (AvgIpc) is 3.08. The van der Waals surface area contributed by atoms with Crippen LogP contribution < -0.4 is 15.5 Å². The lowest BCUT2D eigenvalue weighted by Gasteiger charge is -2.17. The number of cyclic esters (lactones) is 1. The van der Waals surface area contributed by atoms with Crippen molar-refractivity contribution in [2.75, 3.05) is 28.7 Å². The Morgan fingerprint density at radius 2 is 2.07 bits per heavy atom. The minimum absolute atomic E-state index is 0.0884. The zero-order valence-electron chi connectivity index (χ0n) is 16.7. The number of hydrogen-bond donors (Lipinski definition) is 2. The summed E-state index contributed by atoms with van der Waals surface area (Å²) < 4.78 is 4.93. The summed E-state index contributed by atoms with van der Waals surface area (Å²) in [5, 5.41) is 5.96. The predicted molar refractivity (Wildman–Crippen MR) is 109 cm³/mol. The third-order valence-electron chi connectivity index (χ3n) is 3.73. The van der Waals surface area contributed by atoms with E-state index in [0.717, 1.165) is 11.3 Å². The van der Waals surface area contributed by atoms with E-state index >= 15 is 0 Å². The Kier molecular flexibility index (Phi) is 7.74. The van der Waals surface area contributed by atoms with Crippen LogP contribution in [0.15, 0.2) is 36.5 Å². The summed E-state index contributed by atoms with van der Waals surface area (Å²) in [5.41, 5.74) is 1.70. The van der Waals surface area contributed by atoms with Crippen LogP contribution in [0, 0.1) is 0 Å². The van der Waals surface area contributed by atoms with E-state index in [0.29, 0.717) is 24.9 Å². The Labute approximate surface area is 165 Å². The summed E-state index contributed by atoms with van der Waals surface area (Å²) in [6.07, 6.45) is 2.44. The number of aromatic nitrogens is 2. The molecule has 8 heteroatoms. The summed E-state index contributed by atoms with van der Waals surface area (Å²) in [6, 6.07) is 9.12. The molecule has 0 spiro atoms. The minimum atomic E-state index is -0.402. The highest BCUT2D eigenvalue weighted by atomic mass is 16.6. The molecule has 2 N–H and O–H groups in total. The molecule has 2 aromatic rings. The number of carbonyl (C=O) groups is 2. The van der Waals surface area contributed by atoms with Crippen LogP contribution in [0.5, 0.6) is 0 Å². The van der Waals surface area contributed by atoms with Crippen LogP contribution in [0.4, 0.5) is 22.2 Å². The number of amides is 2. The van der Waals surface area contributed by atoms with Crippen LogP contribution in [-0.4, -0.2) is 35.1 Å². The van der Waals surface area contributed by atoms with Crippen molar-refractivity contribution in [2.45, 2.75) is 40.2 Å². The lowest BCUT2D eigenvalue weighted by Crippen LogP contribution is -2.25. The number of hydrogen-bond acceptors (Lipinski definition) is 6. The fourth-order valence-corrected chi connectivity index (χ4v) is 2.54. The number of benzene rings is 1. The molecule has 0 bridgehead atoms. The van der Waals surface area contributed by atoms with Crippen LogP contribution in [0.2, 0.25) is 0 Å². The number of rotatable bonds is 5. The first kappa shape index (κ1) is 21.1. The molecule has 8 nitrogen and oxygen atoms in total. The van der Waals surface area contributed by atoms with E-state index in [4.69, 9.17) is 4.74 Å². The maximum absolute atomic E-state index is 11.6. The SMILES string of the molecule is CC(=O)Nc1cccc([C@H](C)Nc2nccc(N3CCOC3=O)n2)c1.CCC. The van der Waals surface area contributed by atoms with Crippen molar-refractivity contribution in [3.63, 3.8) is 0 Å². The van der Waals surface area contributed by atoms with E-state index in [2.05, 4.69) is 34.4 Å². The van der Waals surface area contributed by atoms with E-state index in [9.17, 15) is 9.59 Å². The van der Waals surface area contributed by atoms with Crippen molar-refractivity contribution >= 4 is 29.5 Å². The molecule has 2 heterocycles. The second-order valence-corrected chi connectivity index (χ2v) is 6.38. The Bertz CT molecular complexity index is 812. The van der Waals surface area contributed by atoms with E-state index in [-0.39, 0.29) is 11.9 Å². The molecule has 0 unspecified atom stereocenters. The topological polar surface area (TPSA) is 96.5 Å². The van der Waals surface area contributed by atoms with Gasteiger partial charge in [-0.15, -0.1) is 0 Å². The lowest BCUT2D eigenvalue weighted by molar-refractivity contribution is -0.114. The fraction of sp³-hybridized carbons (Fsp3) is 0.400. The van der Waals surface area contributed by atoms with Crippen molar-refractivity contribution in [3.05, 3.63) is 42.1 Å². The highest BCUT2D eigenvalue weighted by Crippen LogP contribution is 2.22. The fourth-order valence-electron chi connectivity index (χ4n) is 2.54. The van der Waals surface area contributed by atoms with Crippen LogP contribution in [-0.2, 0) is 9.53 Å². The molecule has 1 aliphatic rings. The van der Waals surface area contributed by atoms with Crippen LogP contribution in [0.3, 0.4) is 0 Å². The molecule has 1 atom stereocenters. The van der Waals surface area contributed by atoms with Crippen molar-refractivity contribution in [3.8, 4) is 0 Å². The Morgan fingerprint density at radius 1 is 1.32 bits per heavy atom. The molecule has 28 heavy (non-hydrogen) atoms. The number of nitrogens with one attached hydrogen (secondary N) is 2. The second-order valence-electron chi connectivity index (χ2n) is 6.38. The first-order valence-corrected chi connectivity index (χ1v) is 9.36. The van der Waals surface area contributed by atoms with Gasteiger partial charge in [0.15, 0.2) is 0 Å². The van der Waals surface area contributed by atoms with Crippen molar-refractivity contribution in [1.82, 2.24) is 9.97 Å². The molecular weight excluding hydrogens is 358 g/mol. The molecule has 150 valence electrons. The molecule has 1 aromatic carbocycles. The molecule has 1 saturated heterocycles. The predicted octanol–water partition coefficient (Wildman–Crippen LogP) is 3.98. The standard InChI is InChI=1S/C17H19N5O3.C3H8/c1-11(13-4-3-5-14(10-13)20-12(2)23)19-16-18-7-6-15(21-16)22-8-9-25-17(22)24;1-3-2/h3-7,10-11H,8-9H2,1-2H3,(H,20,23)(H,18,19,21);3H2,1-2H3/t11-;/m0./s1. The summed E-state index contributed by atoms with van der Waals surface area (Å²) in [4.78, 5) is 32.9. The second kappa shape index (κ2) is 10.2. The lowest BCUT2D eigenvalue weighted by atomic mass is 10.1. The molecule has 1 fully saturated rings. The van der Waals surface area contributed by atoms with Gasteiger partial charge in [-0.1, -0.05) is 32.4 Å². The zero-order chi connectivity index (χ0) is 20.5. The molecular formula is C20H27N5O3. The van der Waals surface area contributed by atoms with Gasteiger partial charge in [0.2, 0.25) is 11.9 Å². The van der Waals surface area contributed by atoms with Gasteiger partial charge in [0, 0.05) is 18.8 Å². The third kappa shape index (κ3) is 5.94. The normalized spacial score (nSPS) is 13.9. The first-order chi connectivity index (χ1) is 13.4. The van der Waals surface area contributed by atoms with E-state index in [1.165, 1.54) is 18.2 Å². The largest absolute Gasteiger partial charge is 0.447 e. The summed E-state index contributed by atoms with van der Waals surface area (Å²) in [6.45, 7) is 8.52. The highest BCUT2D eigenvalue weighted by molar-refractivity contribution is 5.89. The Morgan fingerprint density at radius 3 is 2.71 bits per heavy atom. The van der Waals surface area contributed by atoms with Gasteiger partial charge < -0.3 is 15.4 Å². The maximum atomic E-state index is 11.6. The van der Waals surface area contributed by atoms with Crippen LogP contribution >= 0.6 is 0 Å². The van der Waals surface area contributed by atoms with E-state index < -0.39 is 6.09 Å². The monoisotopic (exact) mass is 385 g/mol. The van der Waals surface area contributed by atoms with Gasteiger partial charge in [-0.05, 0) is 30.7 Å². The van der Waals surface area contributed by atoms with Gasteiger partial charge in [-0.25, -0.2) is 9.78 Å². The van der Waals surface area contributed by atoms with Gasteiger partial charge in [0.1, 0.15) is 12.4 Å². The minimum Gasteiger partial charge on any atom is -0.447 e. The van der Waals surface area contributed by atoms with Crippen LogP contribution in [0.1, 0.15) is 45.7 Å². The number of ether oxygens (including phenoxy) is 1. The Hall–Kier alpha value is -3.16. The number of carbonyl (C=O) groups excluding carboxylic acids is 2. The van der Waals surface area contributed by atoms with Gasteiger partial charge >= 0.3 is 6.09 Å². The van der Waals surface area contributed by atoms with Crippen molar-refractivity contribution in [2.24, 2.45) is 0 Å². The maximum Gasteiger partial charge on any atom is 0.415 e. The molecule has 1 aliphatic heterocycles. The van der Waals surface area contributed by atoms with Gasteiger partial charge in [-0.3, -0.25) is 9.69 Å². The van der Waals surface area contributed by atoms with Crippen molar-refractivity contribution < 1.29 is 14.3 Å². The summed E-state index contributed by atoms with van der Waals surface area (Å²) in [5.74, 6) is 0.792. The smallest absolute Gasteiger partial charge is 0.415 e. The molecule has 3 rings (SSSR count). The number of nitrogens with zero attached hydrogens (tertiary/aromatic N) is 3. The first-order valence-electron chi connectivity index (χ1n) is 9.36. The van der Waals surface area contributed by atoms with Gasteiger partial charge in [0.05, 0.1) is 12.6 Å². The van der Waals surface area contributed by atoms with Gasteiger partial charge in [-0.2, -0.15) is 4.98 Å². The van der Waals surface area contributed by atoms with E-state index in [1.54, 1.807) is 12.3 Å². The molecule has 0 aliphatic carbocycles. The van der Waals surface area contributed by atoms with Gasteiger partial charge in [0.25, 0.3) is 0 Å². The quantitative estimate of drug-likeness (QED) is 0.808. The van der Waals surface area contributed by atoms with Crippen molar-refractivity contribution in [1.29, 1.82) is 0 Å². The van der Waals surface area contributed by atoms with E-state index in [1.807, 2.05) is 31.2 Å². The Balaban J connectivity index is 0.000000878. The molecule has 0 saturated carbocycles. The zero-order valence-corrected chi connectivity index (χ0v) is 16.7.